The second-order valence-electron chi connectivity index (χ2n) is 3.07. The standard InChI is InChI=1S/C9H11BrN2O/c1-11-7-5-12-9(10)4-8(7)13-6-2-3-6/h4-6,11H,2-3H2,1H3. The van der Waals surface area contributed by atoms with Crippen molar-refractivity contribution in [2.45, 2.75) is 18.9 Å². The first-order chi connectivity index (χ1) is 6.29. The lowest BCUT2D eigenvalue weighted by atomic mass is 10.4. The molecule has 0 aliphatic heterocycles. The highest BCUT2D eigenvalue weighted by molar-refractivity contribution is 9.10. The number of pyridine rings is 1. The van der Waals surface area contributed by atoms with Gasteiger partial charge in [0.2, 0.25) is 0 Å². The Morgan fingerprint density at radius 3 is 3.00 bits per heavy atom. The van der Waals surface area contributed by atoms with Crippen LogP contribution in [-0.2, 0) is 0 Å². The van der Waals surface area contributed by atoms with Crippen molar-refractivity contribution in [2.24, 2.45) is 0 Å². The number of aromatic nitrogens is 1. The summed E-state index contributed by atoms with van der Waals surface area (Å²) in [5, 5.41) is 3.05. The molecule has 1 N–H and O–H groups in total. The topological polar surface area (TPSA) is 34.2 Å². The Morgan fingerprint density at radius 1 is 1.62 bits per heavy atom. The second kappa shape index (κ2) is 3.54. The summed E-state index contributed by atoms with van der Waals surface area (Å²) in [7, 11) is 1.87. The van der Waals surface area contributed by atoms with Gasteiger partial charge in [-0.25, -0.2) is 4.98 Å². The third kappa shape index (κ3) is 2.12. The van der Waals surface area contributed by atoms with E-state index in [4.69, 9.17) is 4.74 Å². The van der Waals surface area contributed by atoms with Gasteiger partial charge in [-0.05, 0) is 28.8 Å². The molecule has 70 valence electrons. The van der Waals surface area contributed by atoms with Gasteiger partial charge in [0.15, 0.2) is 0 Å². The van der Waals surface area contributed by atoms with Gasteiger partial charge < -0.3 is 10.1 Å². The molecule has 4 heteroatoms. The minimum Gasteiger partial charge on any atom is -0.488 e. The maximum atomic E-state index is 5.70. The molecule has 0 bridgehead atoms. The smallest absolute Gasteiger partial charge is 0.147 e. The molecular weight excluding hydrogens is 232 g/mol. The van der Waals surface area contributed by atoms with Crippen LogP contribution >= 0.6 is 15.9 Å². The van der Waals surface area contributed by atoms with Crippen LogP contribution < -0.4 is 10.1 Å². The molecule has 1 aromatic rings. The van der Waals surface area contributed by atoms with Crippen LogP contribution in [0.3, 0.4) is 0 Å². The zero-order valence-corrected chi connectivity index (χ0v) is 8.97. The van der Waals surface area contributed by atoms with E-state index < -0.39 is 0 Å². The molecule has 1 fully saturated rings. The minimum atomic E-state index is 0.418. The Kier molecular flexibility index (Phi) is 2.40. The SMILES string of the molecule is CNc1cnc(Br)cc1OC1CC1. The summed E-state index contributed by atoms with van der Waals surface area (Å²) in [6, 6.07) is 1.89. The van der Waals surface area contributed by atoms with Crippen LogP contribution in [0.1, 0.15) is 12.8 Å². The molecule has 0 atom stereocenters. The van der Waals surface area contributed by atoms with Gasteiger partial charge in [0.05, 0.1) is 18.0 Å². The summed E-state index contributed by atoms with van der Waals surface area (Å²) in [5.74, 6) is 0.881. The second-order valence-corrected chi connectivity index (χ2v) is 3.88. The van der Waals surface area contributed by atoms with E-state index in [1.54, 1.807) is 6.20 Å². The van der Waals surface area contributed by atoms with Crippen molar-refractivity contribution in [3.63, 3.8) is 0 Å². The third-order valence-corrected chi connectivity index (χ3v) is 2.35. The lowest BCUT2D eigenvalue weighted by Gasteiger charge is -2.09. The molecule has 0 saturated heterocycles. The first kappa shape index (κ1) is 8.81. The highest BCUT2D eigenvalue weighted by Gasteiger charge is 2.24. The van der Waals surface area contributed by atoms with Gasteiger partial charge in [-0.1, -0.05) is 0 Å². The van der Waals surface area contributed by atoms with E-state index in [0.29, 0.717) is 6.10 Å². The van der Waals surface area contributed by atoms with Crippen LogP contribution in [0.15, 0.2) is 16.9 Å². The van der Waals surface area contributed by atoms with Gasteiger partial charge in [-0.15, -0.1) is 0 Å². The number of halogens is 1. The van der Waals surface area contributed by atoms with Crippen LogP contribution in [0.5, 0.6) is 5.75 Å². The summed E-state index contributed by atoms with van der Waals surface area (Å²) in [4.78, 5) is 4.11. The Labute approximate surface area is 85.6 Å². The van der Waals surface area contributed by atoms with E-state index in [9.17, 15) is 0 Å². The molecule has 1 saturated carbocycles. The van der Waals surface area contributed by atoms with Crippen molar-refractivity contribution in [2.75, 3.05) is 12.4 Å². The molecule has 0 spiro atoms. The van der Waals surface area contributed by atoms with Crippen LogP contribution in [0.25, 0.3) is 0 Å². The molecule has 1 aromatic heterocycles. The fourth-order valence-corrected chi connectivity index (χ4v) is 1.37. The van der Waals surface area contributed by atoms with Gasteiger partial charge in [-0.2, -0.15) is 0 Å². The molecule has 3 nitrogen and oxygen atoms in total. The average molecular weight is 243 g/mol. The molecular formula is C9H11BrN2O. The maximum absolute atomic E-state index is 5.70. The summed E-state index contributed by atoms with van der Waals surface area (Å²) < 4.78 is 6.50. The maximum Gasteiger partial charge on any atom is 0.147 e. The molecule has 0 radical (unpaired) electrons. The van der Waals surface area contributed by atoms with Gasteiger partial charge in [0, 0.05) is 13.1 Å². The fraction of sp³-hybridized carbons (Fsp3) is 0.444. The molecule has 1 heterocycles. The van der Waals surface area contributed by atoms with Crippen LogP contribution in [0.2, 0.25) is 0 Å². The first-order valence-corrected chi connectivity index (χ1v) is 5.09. The number of nitrogens with zero attached hydrogens (tertiary/aromatic N) is 1. The van der Waals surface area contributed by atoms with Crippen molar-refractivity contribution in [3.8, 4) is 5.75 Å². The lowest BCUT2D eigenvalue weighted by molar-refractivity contribution is 0.304. The monoisotopic (exact) mass is 242 g/mol. The Balaban J connectivity index is 2.22. The largest absolute Gasteiger partial charge is 0.488 e. The Bertz CT molecular complexity index is 312. The predicted octanol–water partition coefficient (Wildman–Crippen LogP) is 2.43. The summed E-state index contributed by atoms with van der Waals surface area (Å²) in [5.41, 5.74) is 0.940. The molecule has 0 unspecified atom stereocenters. The predicted molar refractivity (Wildman–Crippen MR) is 55.1 cm³/mol. The number of ether oxygens (including phenoxy) is 1. The van der Waals surface area contributed by atoms with Crippen molar-refractivity contribution in [1.82, 2.24) is 4.98 Å². The number of hydrogen-bond donors (Lipinski definition) is 1. The third-order valence-electron chi connectivity index (χ3n) is 1.92. The molecule has 1 aliphatic rings. The highest BCUT2D eigenvalue weighted by atomic mass is 79.9. The summed E-state index contributed by atoms with van der Waals surface area (Å²) in [6.45, 7) is 0. The van der Waals surface area contributed by atoms with E-state index in [-0.39, 0.29) is 0 Å². The Morgan fingerprint density at radius 2 is 2.38 bits per heavy atom. The van der Waals surface area contributed by atoms with Gasteiger partial charge in [0.1, 0.15) is 10.4 Å². The van der Waals surface area contributed by atoms with Crippen LogP contribution in [-0.4, -0.2) is 18.1 Å². The lowest BCUT2D eigenvalue weighted by Crippen LogP contribution is -2.00. The highest BCUT2D eigenvalue weighted by Crippen LogP contribution is 2.32. The van der Waals surface area contributed by atoms with E-state index >= 15 is 0 Å². The van der Waals surface area contributed by atoms with Crippen molar-refractivity contribution < 1.29 is 4.74 Å². The molecule has 13 heavy (non-hydrogen) atoms. The number of anilines is 1. The van der Waals surface area contributed by atoms with Crippen molar-refractivity contribution in [1.29, 1.82) is 0 Å². The van der Waals surface area contributed by atoms with Gasteiger partial charge in [-0.3, -0.25) is 0 Å². The van der Waals surface area contributed by atoms with Crippen LogP contribution in [0, 0.1) is 0 Å². The molecule has 0 amide bonds. The van der Waals surface area contributed by atoms with E-state index in [1.165, 1.54) is 12.8 Å². The number of rotatable bonds is 3. The normalized spacial score (nSPS) is 15.5. The van der Waals surface area contributed by atoms with Gasteiger partial charge in [0.25, 0.3) is 0 Å². The molecule has 1 aliphatic carbocycles. The zero-order chi connectivity index (χ0) is 9.26. The summed E-state index contributed by atoms with van der Waals surface area (Å²) in [6.07, 6.45) is 4.52. The van der Waals surface area contributed by atoms with Gasteiger partial charge >= 0.3 is 0 Å². The van der Waals surface area contributed by atoms with E-state index in [2.05, 4.69) is 26.2 Å². The molecule has 0 aromatic carbocycles. The van der Waals surface area contributed by atoms with E-state index in [1.807, 2.05) is 13.1 Å². The summed E-state index contributed by atoms with van der Waals surface area (Å²) >= 11 is 3.32. The van der Waals surface area contributed by atoms with Crippen molar-refractivity contribution >= 4 is 21.6 Å². The quantitative estimate of drug-likeness (QED) is 0.828. The zero-order valence-electron chi connectivity index (χ0n) is 7.38. The minimum absolute atomic E-state index is 0.418. The van der Waals surface area contributed by atoms with Crippen LogP contribution in [0.4, 0.5) is 5.69 Å². The Hall–Kier alpha value is -0.770. The van der Waals surface area contributed by atoms with Crippen molar-refractivity contribution in [3.05, 3.63) is 16.9 Å². The number of hydrogen-bond acceptors (Lipinski definition) is 3. The molecule has 2 rings (SSSR count). The first-order valence-electron chi connectivity index (χ1n) is 4.29. The fourth-order valence-electron chi connectivity index (χ4n) is 1.06. The van der Waals surface area contributed by atoms with E-state index in [0.717, 1.165) is 16.0 Å². The average Bonchev–Trinajstić information content (AvgIpc) is 2.89. The number of nitrogens with one attached hydrogen (secondary N) is 1.